The molecule has 2 aliphatic rings. The summed E-state index contributed by atoms with van der Waals surface area (Å²) in [5.74, 6) is 0.302. The van der Waals surface area contributed by atoms with Crippen molar-refractivity contribution < 1.29 is 9.90 Å². The molecule has 14 heavy (non-hydrogen) atoms. The smallest absolute Gasteiger partial charge is 0.310 e. The third kappa shape index (κ3) is 2.08. The first-order chi connectivity index (χ1) is 6.73. The third-order valence-electron chi connectivity index (χ3n) is 3.72. The lowest BCUT2D eigenvalue weighted by Crippen LogP contribution is -2.31. The molecule has 0 unspecified atom stereocenters. The Bertz CT molecular complexity index is 219. The van der Waals surface area contributed by atoms with Gasteiger partial charge >= 0.3 is 5.97 Å². The molecule has 0 aromatic heterocycles. The molecule has 0 bridgehead atoms. The van der Waals surface area contributed by atoms with Crippen molar-refractivity contribution in [1.29, 1.82) is 0 Å². The van der Waals surface area contributed by atoms with Crippen LogP contribution in [0, 0.1) is 11.3 Å². The third-order valence-corrected chi connectivity index (χ3v) is 3.72. The van der Waals surface area contributed by atoms with E-state index in [2.05, 4.69) is 5.32 Å². The van der Waals surface area contributed by atoms with Crippen LogP contribution >= 0.6 is 0 Å². The van der Waals surface area contributed by atoms with E-state index in [1.807, 2.05) is 0 Å². The van der Waals surface area contributed by atoms with Gasteiger partial charge in [0, 0.05) is 6.54 Å². The van der Waals surface area contributed by atoms with E-state index in [1.165, 1.54) is 25.7 Å². The van der Waals surface area contributed by atoms with Gasteiger partial charge in [0.15, 0.2) is 0 Å². The van der Waals surface area contributed by atoms with Gasteiger partial charge in [0.1, 0.15) is 0 Å². The monoisotopic (exact) mass is 197 g/mol. The Balaban J connectivity index is 1.56. The quantitative estimate of drug-likeness (QED) is 0.636. The lowest BCUT2D eigenvalue weighted by Gasteiger charge is -2.25. The van der Waals surface area contributed by atoms with Crippen LogP contribution in [0.4, 0.5) is 0 Å². The molecule has 0 amide bonds. The van der Waals surface area contributed by atoms with Crippen molar-refractivity contribution in [2.45, 2.75) is 38.5 Å². The highest BCUT2D eigenvalue weighted by Gasteiger charge is 2.49. The second kappa shape index (κ2) is 3.89. The summed E-state index contributed by atoms with van der Waals surface area (Å²) in [5, 5.41) is 12.2. The largest absolute Gasteiger partial charge is 0.481 e. The van der Waals surface area contributed by atoms with Gasteiger partial charge in [-0.2, -0.15) is 0 Å². The summed E-state index contributed by atoms with van der Waals surface area (Å²) in [4.78, 5) is 10.8. The average molecular weight is 197 g/mol. The molecule has 3 heteroatoms. The Labute approximate surface area is 84.9 Å². The van der Waals surface area contributed by atoms with Crippen molar-refractivity contribution in [1.82, 2.24) is 5.32 Å². The molecule has 0 atom stereocenters. The lowest BCUT2D eigenvalue weighted by molar-refractivity contribution is -0.143. The normalized spacial score (nSPS) is 24.3. The van der Waals surface area contributed by atoms with Crippen molar-refractivity contribution in [2.24, 2.45) is 11.3 Å². The van der Waals surface area contributed by atoms with Crippen molar-refractivity contribution in [3.63, 3.8) is 0 Å². The van der Waals surface area contributed by atoms with Crippen LogP contribution in [-0.4, -0.2) is 24.2 Å². The van der Waals surface area contributed by atoms with Gasteiger partial charge in [-0.3, -0.25) is 4.79 Å². The molecular formula is C11H19NO2. The maximum atomic E-state index is 10.8. The van der Waals surface area contributed by atoms with Crippen molar-refractivity contribution in [2.75, 3.05) is 13.1 Å². The molecule has 0 saturated heterocycles. The fourth-order valence-corrected chi connectivity index (χ4v) is 2.03. The molecular weight excluding hydrogens is 178 g/mol. The van der Waals surface area contributed by atoms with Crippen LogP contribution in [0.5, 0.6) is 0 Å². The number of rotatable bonds is 6. The number of carboxylic acid groups (broad SMARTS) is 1. The van der Waals surface area contributed by atoms with Crippen LogP contribution in [0.15, 0.2) is 0 Å². The number of hydrogen-bond donors (Lipinski definition) is 2. The number of nitrogens with one attached hydrogen (secondary N) is 1. The zero-order chi connectivity index (χ0) is 10.0. The van der Waals surface area contributed by atoms with Crippen LogP contribution < -0.4 is 5.32 Å². The first-order valence-electron chi connectivity index (χ1n) is 5.67. The minimum Gasteiger partial charge on any atom is -0.481 e. The minimum atomic E-state index is -0.617. The fraction of sp³-hybridized carbons (Fsp3) is 0.909. The predicted molar refractivity (Wildman–Crippen MR) is 54.1 cm³/mol. The van der Waals surface area contributed by atoms with Gasteiger partial charge in [-0.15, -0.1) is 0 Å². The Hall–Kier alpha value is -0.570. The SMILES string of the molecule is O=C(O)C1(CNCCC2CCC2)CC1. The van der Waals surface area contributed by atoms with E-state index in [0.717, 1.165) is 25.3 Å². The molecule has 0 heterocycles. The van der Waals surface area contributed by atoms with Crippen molar-refractivity contribution in [3.8, 4) is 0 Å². The summed E-state index contributed by atoms with van der Waals surface area (Å²) in [6, 6.07) is 0. The molecule has 80 valence electrons. The standard InChI is InChI=1S/C11H19NO2/c13-10(14)11(5-6-11)8-12-7-4-9-2-1-3-9/h9,12H,1-8H2,(H,13,14). The molecule has 2 fully saturated rings. The van der Waals surface area contributed by atoms with Gasteiger partial charge < -0.3 is 10.4 Å². The predicted octanol–water partition coefficient (Wildman–Crippen LogP) is 1.63. The molecule has 0 aliphatic heterocycles. The van der Waals surface area contributed by atoms with Crippen LogP contribution in [0.2, 0.25) is 0 Å². The van der Waals surface area contributed by atoms with E-state index in [4.69, 9.17) is 5.11 Å². The highest BCUT2D eigenvalue weighted by Crippen LogP contribution is 2.45. The van der Waals surface area contributed by atoms with E-state index in [9.17, 15) is 4.79 Å². The average Bonchev–Trinajstić information content (AvgIpc) is 2.81. The Kier molecular flexibility index (Phi) is 2.77. The molecule has 2 aliphatic carbocycles. The Morgan fingerprint density at radius 3 is 2.57 bits per heavy atom. The summed E-state index contributed by atoms with van der Waals surface area (Å²) in [6.07, 6.45) is 7.11. The van der Waals surface area contributed by atoms with Gasteiger partial charge in [-0.25, -0.2) is 0 Å². The number of carboxylic acids is 1. The number of carbonyl (C=O) groups is 1. The second-order valence-electron chi connectivity index (χ2n) is 4.85. The zero-order valence-corrected chi connectivity index (χ0v) is 8.59. The summed E-state index contributed by atoms with van der Waals surface area (Å²) < 4.78 is 0. The van der Waals surface area contributed by atoms with Crippen LogP contribution in [0.1, 0.15) is 38.5 Å². The zero-order valence-electron chi connectivity index (χ0n) is 8.59. The molecule has 2 saturated carbocycles. The first-order valence-corrected chi connectivity index (χ1v) is 5.67. The maximum absolute atomic E-state index is 10.8. The van der Waals surface area contributed by atoms with Gasteiger partial charge in [0.2, 0.25) is 0 Å². The summed E-state index contributed by atoms with van der Waals surface area (Å²) in [6.45, 7) is 1.68. The first kappa shape index (κ1) is 9.97. The Morgan fingerprint density at radius 1 is 1.43 bits per heavy atom. The van der Waals surface area contributed by atoms with Crippen molar-refractivity contribution in [3.05, 3.63) is 0 Å². The van der Waals surface area contributed by atoms with Crippen molar-refractivity contribution >= 4 is 5.97 Å². The maximum Gasteiger partial charge on any atom is 0.310 e. The number of aliphatic carboxylic acids is 1. The highest BCUT2D eigenvalue weighted by molar-refractivity contribution is 5.78. The highest BCUT2D eigenvalue weighted by atomic mass is 16.4. The Morgan fingerprint density at radius 2 is 2.14 bits per heavy atom. The van der Waals surface area contributed by atoms with E-state index in [-0.39, 0.29) is 5.41 Å². The molecule has 0 spiro atoms. The van der Waals surface area contributed by atoms with Gasteiger partial charge in [0.05, 0.1) is 5.41 Å². The molecule has 0 aromatic carbocycles. The minimum absolute atomic E-state index is 0.389. The van der Waals surface area contributed by atoms with E-state index < -0.39 is 5.97 Å². The van der Waals surface area contributed by atoms with Crippen LogP contribution in [-0.2, 0) is 4.79 Å². The molecule has 2 rings (SSSR count). The number of hydrogen-bond acceptors (Lipinski definition) is 2. The molecule has 0 aromatic rings. The van der Waals surface area contributed by atoms with Crippen LogP contribution in [0.3, 0.4) is 0 Å². The lowest BCUT2D eigenvalue weighted by atomic mass is 9.83. The molecule has 0 radical (unpaired) electrons. The van der Waals surface area contributed by atoms with E-state index in [0.29, 0.717) is 6.54 Å². The van der Waals surface area contributed by atoms with E-state index >= 15 is 0 Å². The summed E-state index contributed by atoms with van der Waals surface area (Å²) >= 11 is 0. The molecule has 3 nitrogen and oxygen atoms in total. The molecule has 2 N–H and O–H groups in total. The fourth-order valence-electron chi connectivity index (χ4n) is 2.03. The summed E-state index contributed by atoms with van der Waals surface area (Å²) in [7, 11) is 0. The van der Waals surface area contributed by atoms with Crippen LogP contribution in [0.25, 0.3) is 0 Å². The second-order valence-corrected chi connectivity index (χ2v) is 4.85. The van der Waals surface area contributed by atoms with E-state index in [1.54, 1.807) is 0 Å². The van der Waals surface area contributed by atoms with Gasteiger partial charge in [0.25, 0.3) is 0 Å². The van der Waals surface area contributed by atoms with Gasteiger partial charge in [-0.1, -0.05) is 19.3 Å². The topological polar surface area (TPSA) is 49.3 Å². The van der Waals surface area contributed by atoms with Gasteiger partial charge in [-0.05, 0) is 31.7 Å². The summed E-state index contributed by atoms with van der Waals surface area (Å²) in [5.41, 5.74) is -0.389.